The van der Waals surface area contributed by atoms with Crippen molar-refractivity contribution in [3.63, 3.8) is 0 Å². The summed E-state index contributed by atoms with van der Waals surface area (Å²) in [5, 5.41) is 16.0. The lowest BCUT2D eigenvalue weighted by Crippen LogP contribution is -2.33. The Balaban J connectivity index is 2.04. The van der Waals surface area contributed by atoms with Crippen LogP contribution in [0.2, 0.25) is 0 Å². The molecule has 2 aromatic rings. The molecule has 0 aliphatic carbocycles. The standard InChI is InChI=1S/C18H18BrN3O4/c1-10-8-13(19)5-6-14(10)20-17(24)18(25)22-21-11(2)12-4-7-15(23)16(9-12)26-3/h4-9,23H,1-3H3,(H,20,24)(H,22,25). The number of methoxy groups -OCH3 is 1. The molecular weight excluding hydrogens is 402 g/mol. The summed E-state index contributed by atoms with van der Waals surface area (Å²) in [6.07, 6.45) is 0. The summed E-state index contributed by atoms with van der Waals surface area (Å²) >= 11 is 3.33. The number of hydrogen-bond donors (Lipinski definition) is 3. The molecule has 0 radical (unpaired) electrons. The van der Waals surface area contributed by atoms with Crippen LogP contribution < -0.4 is 15.5 Å². The molecule has 0 bridgehead atoms. The van der Waals surface area contributed by atoms with Gasteiger partial charge in [-0.2, -0.15) is 5.10 Å². The Morgan fingerprint density at radius 2 is 1.88 bits per heavy atom. The van der Waals surface area contributed by atoms with Crippen molar-refractivity contribution < 1.29 is 19.4 Å². The maximum absolute atomic E-state index is 12.0. The Kier molecular flexibility index (Phi) is 6.35. The van der Waals surface area contributed by atoms with Crippen LogP contribution in [0, 0.1) is 6.92 Å². The lowest BCUT2D eigenvalue weighted by Gasteiger charge is -2.08. The smallest absolute Gasteiger partial charge is 0.329 e. The largest absolute Gasteiger partial charge is 0.504 e. The van der Waals surface area contributed by atoms with Gasteiger partial charge in [-0.3, -0.25) is 9.59 Å². The number of carbonyl (C=O) groups is 2. The van der Waals surface area contributed by atoms with Gasteiger partial charge in [-0.25, -0.2) is 5.43 Å². The van der Waals surface area contributed by atoms with E-state index in [1.165, 1.54) is 13.2 Å². The molecule has 0 aliphatic heterocycles. The Morgan fingerprint density at radius 3 is 2.54 bits per heavy atom. The number of phenolic OH excluding ortho intramolecular Hbond substituents is 1. The molecule has 26 heavy (non-hydrogen) atoms. The number of rotatable bonds is 4. The summed E-state index contributed by atoms with van der Waals surface area (Å²) in [6, 6.07) is 9.94. The Hall–Kier alpha value is -2.87. The summed E-state index contributed by atoms with van der Waals surface area (Å²) < 4.78 is 5.90. The minimum Gasteiger partial charge on any atom is -0.504 e. The number of hydrogen-bond acceptors (Lipinski definition) is 5. The van der Waals surface area contributed by atoms with E-state index in [1.807, 2.05) is 13.0 Å². The van der Waals surface area contributed by atoms with Gasteiger partial charge in [0.15, 0.2) is 11.5 Å². The first kappa shape index (κ1) is 19.5. The second kappa shape index (κ2) is 8.48. The molecule has 0 saturated carbocycles. The quantitative estimate of drug-likeness (QED) is 0.402. The van der Waals surface area contributed by atoms with Crippen LogP contribution >= 0.6 is 15.9 Å². The van der Waals surface area contributed by atoms with E-state index in [4.69, 9.17) is 4.74 Å². The van der Waals surface area contributed by atoms with Gasteiger partial charge in [0.1, 0.15) is 0 Å². The molecule has 0 spiro atoms. The SMILES string of the molecule is COc1cc(C(C)=NNC(=O)C(=O)Nc2ccc(Br)cc2C)ccc1O. The van der Waals surface area contributed by atoms with Crippen molar-refractivity contribution in [2.45, 2.75) is 13.8 Å². The van der Waals surface area contributed by atoms with Crippen LogP contribution in [0.25, 0.3) is 0 Å². The highest BCUT2D eigenvalue weighted by Gasteiger charge is 2.14. The number of carbonyl (C=O) groups excluding carboxylic acids is 2. The first-order valence-corrected chi connectivity index (χ1v) is 8.40. The number of amides is 2. The Morgan fingerprint density at radius 1 is 1.15 bits per heavy atom. The van der Waals surface area contributed by atoms with E-state index >= 15 is 0 Å². The molecule has 0 heterocycles. The summed E-state index contributed by atoms with van der Waals surface area (Å²) in [4.78, 5) is 23.9. The third-order valence-corrected chi connectivity index (χ3v) is 4.06. The molecule has 2 rings (SSSR count). The van der Waals surface area contributed by atoms with Crippen LogP contribution in [0.15, 0.2) is 46.0 Å². The number of phenols is 1. The Bertz CT molecular complexity index is 881. The molecule has 0 saturated heterocycles. The minimum absolute atomic E-state index is 0.00247. The topological polar surface area (TPSA) is 100 Å². The van der Waals surface area contributed by atoms with Crippen LogP contribution in [-0.4, -0.2) is 29.7 Å². The second-order valence-electron chi connectivity index (χ2n) is 5.44. The van der Waals surface area contributed by atoms with E-state index in [2.05, 4.69) is 31.8 Å². The van der Waals surface area contributed by atoms with Gasteiger partial charge in [0, 0.05) is 15.7 Å². The van der Waals surface area contributed by atoms with E-state index in [0.717, 1.165) is 10.0 Å². The molecular formula is C18H18BrN3O4. The molecule has 8 heteroatoms. The number of ether oxygens (including phenoxy) is 1. The highest BCUT2D eigenvalue weighted by atomic mass is 79.9. The molecule has 0 atom stereocenters. The second-order valence-corrected chi connectivity index (χ2v) is 6.35. The number of nitrogens with one attached hydrogen (secondary N) is 2. The lowest BCUT2D eigenvalue weighted by molar-refractivity contribution is -0.136. The van der Waals surface area contributed by atoms with E-state index in [9.17, 15) is 14.7 Å². The van der Waals surface area contributed by atoms with Gasteiger partial charge >= 0.3 is 11.8 Å². The first-order chi connectivity index (χ1) is 12.3. The fourth-order valence-corrected chi connectivity index (χ4v) is 2.57. The van der Waals surface area contributed by atoms with Crippen LogP contribution in [0.3, 0.4) is 0 Å². The monoisotopic (exact) mass is 419 g/mol. The van der Waals surface area contributed by atoms with Crippen molar-refractivity contribution in [2.75, 3.05) is 12.4 Å². The molecule has 2 aromatic carbocycles. The fourth-order valence-electron chi connectivity index (χ4n) is 2.10. The van der Waals surface area contributed by atoms with Crippen LogP contribution in [0.4, 0.5) is 5.69 Å². The average Bonchev–Trinajstić information content (AvgIpc) is 2.62. The predicted octanol–water partition coefficient (Wildman–Crippen LogP) is 2.95. The molecule has 0 fully saturated rings. The molecule has 0 unspecified atom stereocenters. The van der Waals surface area contributed by atoms with Crippen LogP contribution in [0.5, 0.6) is 11.5 Å². The van der Waals surface area contributed by atoms with Crippen molar-refractivity contribution in [1.82, 2.24) is 5.43 Å². The number of aryl methyl sites for hydroxylation is 1. The minimum atomic E-state index is -0.891. The molecule has 0 aromatic heterocycles. The van der Waals surface area contributed by atoms with Gasteiger partial charge in [0.25, 0.3) is 0 Å². The summed E-state index contributed by atoms with van der Waals surface area (Å²) in [7, 11) is 1.43. The third-order valence-electron chi connectivity index (χ3n) is 3.57. The van der Waals surface area contributed by atoms with Crippen molar-refractivity contribution >= 4 is 39.1 Å². The zero-order chi connectivity index (χ0) is 19.3. The maximum Gasteiger partial charge on any atom is 0.329 e. The first-order valence-electron chi connectivity index (χ1n) is 7.61. The number of benzene rings is 2. The number of aromatic hydroxyl groups is 1. The molecule has 3 N–H and O–H groups in total. The van der Waals surface area contributed by atoms with E-state index in [1.54, 1.807) is 31.2 Å². The van der Waals surface area contributed by atoms with Crippen LogP contribution in [-0.2, 0) is 9.59 Å². The zero-order valence-corrected chi connectivity index (χ0v) is 16.0. The molecule has 136 valence electrons. The number of halogens is 1. The lowest BCUT2D eigenvalue weighted by atomic mass is 10.1. The van der Waals surface area contributed by atoms with Gasteiger partial charge < -0.3 is 15.2 Å². The average molecular weight is 420 g/mol. The normalized spacial score (nSPS) is 11.0. The highest BCUT2D eigenvalue weighted by Crippen LogP contribution is 2.26. The fraction of sp³-hybridized carbons (Fsp3) is 0.167. The summed E-state index contributed by atoms with van der Waals surface area (Å²) in [5.74, 6) is -1.43. The Labute approximate surface area is 159 Å². The maximum atomic E-state index is 12.0. The van der Waals surface area contributed by atoms with Crippen LogP contribution in [0.1, 0.15) is 18.1 Å². The van der Waals surface area contributed by atoms with Gasteiger partial charge in [-0.1, -0.05) is 15.9 Å². The van der Waals surface area contributed by atoms with Crippen molar-refractivity contribution in [3.05, 3.63) is 52.0 Å². The third kappa shape index (κ3) is 4.82. The van der Waals surface area contributed by atoms with E-state index in [0.29, 0.717) is 17.0 Å². The molecule has 7 nitrogen and oxygen atoms in total. The van der Waals surface area contributed by atoms with Crippen molar-refractivity contribution in [3.8, 4) is 11.5 Å². The van der Waals surface area contributed by atoms with Crippen molar-refractivity contribution in [2.24, 2.45) is 5.10 Å². The summed E-state index contributed by atoms with van der Waals surface area (Å²) in [5.41, 5.74) is 4.64. The summed E-state index contributed by atoms with van der Waals surface area (Å²) in [6.45, 7) is 3.47. The molecule has 2 amide bonds. The zero-order valence-electron chi connectivity index (χ0n) is 14.5. The van der Waals surface area contributed by atoms with Gasteiger partial charge in [-0.15, -0.1) is 0 Å². The number of hydrazone groups is 1. The predicted molar refractivity (Wildman–Crippen MR) is 103 cm³/mol. The molecule has 0 aliphatic rings. The number of nitrogens with zero attached hydrogens (tertiary/aromatic N) is 1. The van der Waals surface area contributed by atoms with Gasteiger partial charge in [0.05, 0.1) is 12.8 Å². The van der Waals surface area contributed by atoms with E-state index < -0.39 is 11.8 Å². The van der Waals surface area contributed by atoms with E-state index in [-0.39, 0.29) is 11.5 Å². The van der Waals surface area contributed by atoms with Crippen molar-refractivity contribution in [1.29, 1.82) is 0 Å². The highest BCUT2D eigenvalue weighted by molar-refractivity contribution is 9.10. The number of anilines is 1. The van der Waals surface area contributed by atoms with Gasteiger partial charge in [0.2, 0.25) is 0 Å². The van der Waals surface area contributed by atoms with Gasteiger partial charge in [-0.05, 0) is 55.8 Å².